The fraction of sp³-hybridized carbons (Fsp3) is 0.455. The van der Waals surface area contributed by atoms with Crippen molar-refractivity contribution in [3.63, 3.8) is 0 Å². The van der Waals surface area contributed by atoms with Gasteiger partial charge >= 0.3 is 6.03 Å². The first-order valence-corrected chi connectivity index (χ1v) is 10.5. The summed E-state index contributed by atoms with van der Waals surface area (Å²) >= 11 is 0. The topological polar surface area (TPSA) is 79.2 Å². The van der Waals surface area contributed by atoms with E-state index in [0.29, 0.717) is 12.4 Å². The third-order valence-electron chi connectivity index (χ3n) is 5.29. The first-order valence-electron chi connectivity index (χ1n) is 10.5. The zero-order chi connectivity index (χ0) is 21.3. The molecular weight excluding hydrogens is 378 g/mol. The zero-order valence-corrected chi connectivity index (χ0v) is 18.1. The number of rotatable bonds is 3. The maximum atomic E-state index is 12.4. The molecule has 3 aromatic rings. The molecular formula is C22H29N7O. The number of aromatic nitrogens is 4. The molecule has 1 aromatic carbocycles. The minimum absolute atomic E-state index is 0.00283. The summed E-state index contributed by atoms with van der Waals surface area (Å²) < 4.78 is 1.87. The van der Waals surface area contributed by atoms with Crippen LogP contribution in [0.15, 0.2) is 30.5 Å². The van der Waals surface area contributed by atoms with Crippen LogP contribution in [-0.2, 0) is 0 Å². The Morgan fingerprint density at radius 1 is 1.03 bits per heavy atom. The van der Waals surface area contributed by atoms with Crippen molar-refractivity contribution in [3.8, 4) is 5.69 Å². The van der Waals surface area contributed by atoms with Crippen molar-refractivity contribution < 1.29 is 4.79 Å². The van der Waals surface area contributed by atoms with Gasteiger partial charge < -0.3 is 15.1 Å². The fourth-order valence-electron chi connectivity index (χ4n) is 3.79. The number of urea groups is 1. The molecule has 1 aliphatic heterocycles. The van der Waals surface area contributed by atoms with Gasteiger partial charge in [0.15, 0.2) is 5.65 Å². The third kappa shape index (κ3) is 4.08. The predicted molar refractivity (Wildman–Crippen MR) is 118 cm³/mol. The number of nitrogens with one attached hydrogen (secondary N) is 1. The molecule has 1 saturated heterocycles. The summed E-state index contributed by atoms with van der Waals surface area (Å²) in [4.78, 5) is 26.0. The summed E-state index contributed by atoms with van der Waals surface area (Å²) in [6.45, 7) is 10.9. The summed E-state index contributed by atoms with van der Waals surface area (Å²) in [6.07, 6.45) is 2.74. The lowest BCUT2D eigenvalue weighted by Crippen LogP contribution is -2.44. The lowest BCUT2D eigenvalue weighted by atomic mass is 10.2. The molecule has 0 saturated carbocycles. The minimum Gasteiger partial charge on any atom is -0.354 e. The van der Waals surface area contributed by atoms with Gasteiger partial charge in [-0.25, -0.2) is 19.4 Å². The minimum atomic E-state index is 0.00283. The Morgan fingerprint density at radius 2 is 1.80 bits per heavy atom. The number of carbonyl (C=O) groups is 1. The Kier molecular flexibility index (Phi) is 5.57. The molecule has 30 heavy (non-hydrogen) atoms. The van der Waals surface area contributed by atoms with Crippen molar-refractivity contribution >= 4 is 22.9 Å². The van der Waals surface area contributed by atoms with Gasteiger partial charge in [0.1, 0.15) is 11.6 Å². The van der Waals surface area contributed by atoms with Crippen molar-refractivity contribution in [2.45, 2.75) is 40.2 Å². The highest BCUT2D eigenvalue weighted by atomic mass is 16.2. The number of hydrogen-bond acceptors (Lipinski definition) is 5. The molecule has 0 aliphatic carbocycles. The Bertz CT molecular complexity index is 1040. The summed E-state index contributed by atoms with van der Waals surface area (Å²) in [5.41, 5.74) is 2.99. The van der Waals surface area contributed by atoms with Gasteiger partial charge in [-0.05, 0) is 46.2 Å². The third-order valence-corrected chi connectivity index (χ3v) is 5.29. The highest BCUT2D eigenvalue weighted by Crippen LogP contribution is 2.26. The van der Waals surface area contributed by atoms with E-state index < -0.39 is 0 Å². The molecule has 0 unspecified atom stereocenters. The Labute approximate surface area is 176 Å². The first-order chi connectivity index (χ1) is 14.4. The molecule has 1 N–H and O–H groups in total. The fourth-order valence-corrected chi connectivity index (χ4v) is 3.79. The number of benzene rings is 1. The van der Waals surface area contributed by atoms with Crippen LogP contribution in [0.5, 0.6) is 0 Å². The van der Waals surface area contributed by atoms with E-state index >= 15 is 0 Å². The SMILES string of the molecule is Cc1ccc(-n2ncc3c(N4CCCN(C(=O)NC(C)C)CC4)nc(C)nc32)cc1. The second-order valence-electron chi connectivity index (χ2n) is 8.16. The van der Waals surface area contributed by atoms with Crippen LogP contribution < -0.4 is 10.2 Å². The average Bonchev–Trinajstić information content (AvgIpc) is 2.96. The number of nitrogens with zero attached hydrogens (tertiary/aromatic N) is 6. The Hall–Kier alpha value is -3.16. The second kappa shape index (κ2) is 8.30. The molecule has 1 fully saturated rings. The monoisotopic (exact) mass is 407 g/mol. The smallest absolute Gasteiger partial charge is 0.317 e. The van der Waals surface area contributed by atoms with Gasteiger partial charge in [-0.2, -0.15) is 5.10 Å². The van der Waals surface area contributed by atoms with Gasteiger partial charge in [0, 0.05) is 32.2 Å². The van der Waals surface area contributed by atoms with Crippen LogP contribution in [0.4, 0.5) is 10.6 Å². The van der Waals surface area contributed by atoms with Crippen molar-refractivity contribution in [2.24, 2.45) is 0 Å². The number of aryl methyl sites for hydroxylation is 2. The molecule has 0 spiro atoms. The Morgan fingerprint density at radius 3 is 2.53 bits per heavy atom. The van der Waals surface area contributed by atoms with Gasteiger partial charge in [0.2, 0.25) is 0 Å². The number of fused-ring (bicyclic) bond motifs is 1. The van der Waals surface area contributed by atoms with E-state index in [1.807, 2.05) is 36.5 Å². The van der Waals surface area contributed by atoms with E-state index in [1.165, 1.54) is 5.56 Å². The summed E-state index contributed by atoms with van der Waals surface area (Å²) in [5, 5.41) is 8.52. The molecule has 0 radical (unpaired) electrons. The largest absolute Gasteiger partial charge is 0.354 e. The maximum Gasteiger partial charge on any atom is 0.317 e. The molecule has 2 amide bonds. The first kappa shape index (κ1) is 20.1. The van der Waals surface area contributed by atoms with E-state index in [2.05, 4.69) is 51.5 Å². The highest BCUT2D eigenvalue weighted by Gasteiger charge is 2.23. The lowest BCUT2D eigenvalue weighted by molar-refractivity contribution is 0.199. The Balaban J connectivity index is 1.63. The van der Waals surface area contributed by atoms with E-state index in [-0.39, 0.29) is 12.1 Å². The molecule has 158 valence electrons. The zero-order valence-electron chi connectivity index (χ0n) is 18.1. The molecule has 0 atom stereocenters. The lowest BCUT2D eigenvalue weighted by Gasteiger charge is -2.24. The molecule has 4 rings (SSSR count). The standard InChI is InChI=1S/C22H29N7O/c1-15(2)24-22(30)28-11-5-10-27(12-13-28)20-19-14-23-29(21(19)26-17(4)25-20)18-8-6-16(3)7-9-18/h6-9,14-15H,5,10-13H2,1-4H3,(H,24,30). The molecule has 8 heteroatoms. The normalized spacial score (nSPS) is 15.0. The van der Waals surface area contributed by atoms with E-state index in [0.717, 1.165) is 48.6 Å². The maximum absolute atomic E-state index is 12.4. The number of carbonyl (C=O) groups excluding carboxylic acids is 1. The van der Waals surface area contributed by atoms with Crippen molar-refractivity contribution in [1.29, 1.82) is 0 Å². The van der Waals surface area contributed by atoms with E-state index in [9.17, 15) is 4.79 Å². The second-order valence-corrected chi connectivity index (χ2v) is 8.16. The molecule has 3 heterocycles. The van der Waals surface area contributed by atoms with Crippen LogP contribution in [0.2, 0.25) is 0 Å². The quantitative estimate of drug-likeness (QED) is 0.722. The summed E-state index contributed by atoms with van der Waals surface area (Å²) in [7, 11) is 0. The van der Waals surface area contributed by atoms with Crippen LogP contribution >= 0.6 is 0 Å². The summed E-state index contributed by atoms with van der Waals surface area (Å²) in [6, 6.07) is 8.38. The average molecular weight is 408 g/mol. The van der Waals surface area contributed by atoms with E-state index in [4.69, 9.17) is 4.98 Å². The van der Waals surface area contributed by atoms with Crippen LogP contribution in [0.1, 0.15) is 31.7 Å². The van der Waals surface area contributed by atoms with Crippen molar-refractivity contribution in [2.75, 3.05) is 31.1 Å². The summed E-state index contributed by atoms with van der Waals surface area (Å²) in [5.74, 6) is 1.60. The van der Waals surface area contributed by atoms with Gasteiger partial charge in [-0.3, -0.25) is 0 Å². The van der Waals surface area contributed by atoms with Crippen LogP contribution in [0.3, 0.4) is 0 Å². The number of anilines is 1. The number of hydrogen-bond donors (Lipinski definition) is 1. The van der Waals surface area contributed by atoms with Gasteiger partial charge in [0.25, 0.3) is 0 Å². The highest BCUT2D eigenvalue weighted by molar-refractivity contribution is 5.88. The molecule has 0 bridgehead atoms. The number of amides is 2. The van der Waals surface area contributed by atoms with Crippen molar-refractivity contribution in [1.82, 2.24) is 30.0 Å². The van der Waals surface area contributed by atoms with Gasteiger partial charge in [0.05, 0.1) is 17.3 Å². The van der Waals surface area contributed by atoms with Gasteiger partial charge in [-0.1, -0.05) is 17.7 Å². The predicted octanol–water partition coefficient (Wildman–Crippen LogP) is 3.06. The van der Waals surface area contributed by atoms with Gasteiger partial charge in [-0.15, -0.1) is 0 Å². The molecule has 1 aliphatic rings. The van der Waals surface area contributed by atoms with Crippen LogP contribution in [0.25, 0.3) is 16.7 Å². The van der Waals surface area contributed by atoms with Crippen LogP contribution in [0, 0.1) is 13.8 Å². The van der Waals surface area contributed by atoms with Crippen molar-refractivity contribution in [3.05, 3.63) is 41.9 Å². The van der Waals surface area contributed by atoms with Crippen LogP contribution in [-0.4, -0.2) is 62.9 Å². The molecule has 8 nitrogen and oxygen atoms in total. The van der Waals surface area contributed by atoms with E-state index in [1.54, 1.807) is 0 Å². The molecule has 2 aromatic heterocycles.